The molecule has 6 nitrogen and oxygen atoms in total. The van der Waals surface area contributed by atoms with Crippen LogP contribution < -0.4 is 0 Å². The van der Waals surface area contributed by atoms with Crippen LogP contribution in [-0.4, -0.2) is 0 Å². The fourth-order valence-electron chi connectivity index (χ4n) is 2.45. The first-order valence-electron chi connectivity index (χ1n) is 8.09. The molecule has 0 bridgehead atoms. The van der Waals surface area contributed by atoms with Crippen LogP contribution in [-0.2, 0) is 62.1 Å². The summed E-state index contributed by atoms with van der Waals surface area (Å²) in [5, 5.41) is 0. The summed E-state index contributed by atoms with van der Waals surface area (Å²) in [5.41, 5.74) is 5.63. The van der Waals surface area contributed by atoms with Gasteiger partial charge in [0.2, 0.25) is 0 Å². The first-order chi connectivity index (χ1) is 15.6. The molecule has 2 saturated heterocycles. The van der Waals surface area contributed by atoms with Gasteiger partial charge in [-0.25, -0.2) is 0 Å². The van der Waals surface area contributed by atoms with E-state index in [2.05, 4.69) is 104 Å². The van der Waals surface area contributed by atoms with Gasteiger partial charge in [-0.3, -0.25) is 0 Å². The molecular formula is C24H18Mn2O6P2. The van der Waals surface area contributed by atoms with Gasteiger partial charge in [-0.05, 0) is 47.1 Å². The van der Waals surface area contributed by atoms with Crippen molar-refractivity contribution < 1.29 is 62.1 Å². The second-order valence-electron chi connectivity index (χ2n) is 5.41. The predicted molar refractivity (Wildman–Crippen MR) is 113 cm³/mol. The molecule has 1 aromatic rings. The Kier molecular flexibility index (Phi) is 44.9. The van der Waals surface area contributed by atoms with Gasteiger partial charge in [0.25, 0.3) is 0 Å². The molecule has 0 unspecified atom stereocenters. The Bertz CT molecular complexity index is 627. The van der Waals surface area contributed by atoms with Crippen molar-refractivity contribution in [2.24, 2.45) is 0 Å². The average molecular weight is 574 g/mol. The van der Waals surface area contributed by atoms with E-state index in [1.165, 1.54) is 63.3 Å². The van der Waals surface area contributed by atoms with E-state index >= 15 is 0 Å². The van der Waals surface area contributed by atoms with E-state index in [1.807, 2.05) is 0 Å². The third kappa shape index (κ3) is 15.5. The third-order valence-corrected chi connectivity index (χ3v) is 6.84. The van der Waals surface area contributed by atoms with E-state index in [0.29, 0.717) is 0 Å². The molecule has 1 aromatic carbocycles. The van der Waals surface area contributed by atoms with Gasteiger partial charge in [-0.1, -0.05) is 69.1 Å². The zero-order valence-electron chi connectivity index (χ0n) is 18.6. The van der Waals surface area contributed by atoms with Gasteiger partial charge in [0.15, 0.2) is 0 Å². The minimum Gasteiger partial charge on any atom is 0 e. The normalized spacial score (nSPS) is 16.5. The van der Waals surface area contributed by atoms with E-state index < -0.39 is 0 Å². The van der Waals surface area contributed by atoms with E-state index in [-0.39, 0.29) is 34.1 Å². The van der Waals surface area contributed by atoms with Crippen LogP contribution in [0.25, 0.3) is 0 Å². The van der Waals surface area contributed by atoms with Crippen LogP contribution in [0, 0.1) is 87.2 Å². The fourth-order valence-corrected chi connectivity index (χ4v) is 4.82. The molecule has 0 atom stereocenters. The second kappa shape index (κ2) is 32.6. The molecule has 12 radical (unpaired) electrons. The molecule has 0 aromatic heterocycles. The van der Waals surface area contributed by atoms with Crippen LogP contribution in [0.2, 0.25) is 0 Å². The van der Waals surface area contributed by atoms with Crippen molar-refractivity contribution in [3.8, 4) is 0 Å². The Morgan fingerprint density at radius 2 is 0.676 bits per heavy atom. The van der Waals surface area contributed by atoms with Crippen LogP contribution in [0.4, 0.5) is 0 Å². The van der Waals surface area contributed by atoms with Crippen molar-refractivity contribution in [3.05, 3.63) is 123 Å². The quantitative estimate of drug-likeness (QED) is 0.183. The summed E-state index contributed by atoms with van der Waals surface area (Å²) >= 11 is 0. The molecule has 0 saturated carbocycles. The van der Waals surface area contributed by atoms with Crippen molar-refractivity contribution in [1.82, 2.24) is 0 Å². The molecule has 174 valence electrons. The smallest absolute Gasteiger partial charge is 0 e. The van der Waals surface area contributed by atoms with Crippen molar-refractivity contribution in [1.29, 1.82) is 0 Å². The monoisotopic (exact) mass is 574 g/mol. The first kappa shape index (κ1) is 46.8. The van der Waals surface area contributed by atoms with E-state index in [0.717, 1.165) is 0 Å². The first-order valence-corrected chi connectivity index (χ1v) is 10.0. The van der Waals surface area contributed by atoms with Crippen LogP contribution >= 0.6 is 17.2 Å². The summed E-state index contributed by atoms with van der Waals surface area (Å²) in [6.45, 7) is 35.8. The number of rotatable bonds is 2. The van der Waals surface area contributed by atoms with Crippen molar-refractivity contribution in [2.75, 3.05) is 0 Å². The van der Waals surface area contributed by atoms with Gasteiger partial charge in [-0.15, -0.1) is 0 Å². The van der Waals surface area contributed by atoms with Crippen molar-refractivity contribution >= 4 is 17.2 Å². The van der Waals surface area contributed by atoms with Crippen LogP contribution in [0.5, 0.6) is 0 Å². The van der Waals surface area contributed by atoms with Gasteiger partial charge < -0.3 is 0 Å². The van der Waals surface area contributed by atoms with Crippen molar-refractivity contribution in [2.45, 2.75) is 27.7 Å². The zero-order chi connectivity index (χ0) is 26.3. The number of benzene rings is 1. The van der Waals surface area contributed by atoms with Gasteiger partial charge in [0, 0.05) is 45.5 Å². The second-order valence-corrected chi connectivity index (χ2v) is 7.33. The maximum absolute atomic E-state index is 7.50. The summed E-state index contributed by atoms with van der Waals surface area (Å²) in [6.07, 6.45) is 4.60. The molecule has 2 aliphatic rings. The Morgan fingerprint density at radius 1 is 0.471 bits per heavy atom. The molecule has 0 N–H and O–H groups in total. The molecule has 10 heteroatoms. The van der Waals surface area contributed by atoms with Gasteiger partial charge in [0.1, 0.15) is 0 Å². The minimum absolute atomic E-state index is 0. The summed E-state index contributed by atoms with van der Waals surface area (Å²) in [5.74, 6) is 5.70. The van der Waals surface area contributed by atoms with E-state index in [4.69, 9.17) is 27.9 Å². The van der Waals surface area contributed by atoms with Crippen LogP contribution in [0.15, 0.2) is 24.3 Å². The maximum atomic E-state index is 7.50. The molecule has 2 aliphatic heterocycles. The molecule has 3 rings (SSSR count). The van der Waals surface area contributed by atoms with Crippen molar-refractivity contribution in [3.63, 3.8) is 0 Å². The Balaban J connectivity index is -0.000000123. The Hall–Kier alpha value is -0.441. The largest absolute Gasteiger partial charge is 0 e. The Morgan fingerprint density at radius 3 is 0.824 bits per heavy atom. The summed E-state index contributed by atoms with van der Waals surface area (Å²) in [6, 6.07) is 9.10. The SMILES string of the molecule is C[C]1[CH][P][C](c2ccc([C]3[P][CH][C](C)[C]3C)cc2)[C]1C.[C-]#[O+].[C-]#[O+].[C-]#[O+].[C-]#[O+].[C-]#[O+].[C-]#[O+].[Mn].[Mn]. The van der Waals surface area contributed by atoms with Gasteiger partial charge in [0.05, 0.1) is 0 Å². The minimum atomic E-state index is 0. The molecule has 0 spiro atoms. The van der Waals surface area contributed by atoms with Gasteiger partial charge >= 0.3 is 67.8 Å². The van der Waals surface area contributed by atoms with Gasteiger partial charge in [-0.2, -0.15) is 0 Å². The van der Waals surface area contributed by atoms with E-state index in [1.54, 1.807) is 0 Å². The topological polar surface area (TPSA) is 119 Å². The molecule has 34 heavy (non-hydrogen) atoms. The summed E-state index contributed by atoms with van der Waals surface area (Å²) in [4.78, 5) is 0. The maximum Gasteiger partial charge on any atom is 0 e. The Labute approximate surface area is 228 Å². The molecule has 2 fully saturated rings. The standard InChI is InChI=1S/C18H18P2.6CO.2Mn/c1-11-9-19-17(13(11)3)15-5-7-16(8-6-15)18-14(4)12(2)10-20-18;6*1-2;;/h5-10H,1-4H3;;;;;;;;. The van der Waals surface area contributed by atoms with E-state index in [9.17, 15) is 0 Å². The summed E-state index contributed by atoms with van der Waals surface area (Å²) < 4.78 is 45.0. The molecule has 0 aliphatic carbocycles. The zero-order valence-corrected chi connectivity index (χ0v) is 22.7. The summed E-state index contributed by atoms with van der Waals surface area (Å²) in [7, 11) is 2.67. The fraction of sp³-hybridized carbons (Fsp3) is 0.167. The molecule has 2 heterocycles. The molecule has 0 amide bonds. The molecular weight excluding hydrogens is 556 g/mol. The van der Waals surface area contributed by atoms with Crippen LogP contribution in [0.1, 0.15) is 38.8 Å². The predicted octanol–water partition coefficient (Wildman–Crippen LogP) is 5.84. The number of hydrogen-bond acceptors (Lipinski definition) is 0. The number of hydrogen-bond donors (Lipinski definition) is 0. The average Bonchev–Trinajstić information content (AvgIpc) is 3.42. The van der Waals surface area contributed by atoms with Crippen LogP contribution in [0.3, 0.4) is 0 Å². The third-order valence-electron chi connectivity index (χ3n) is 4.10.